The minimum Gasteiger partial charge on any atom is -0.481 e. The molecule has 0 bridgehead atoms. The predicted octanol–water partition coefficient (Wildman–Crippen LogP) is 5.11. The van der Waals surface area contributed by atoms with E-state index >= 15 is 0 Å². The van der Waals surface area contributed by atoms with Gasteiger partial charge in [-0.15, -0.1) is 0 Å². The van der Waals surface area contributed by atoms with Gasteiger partial charge in [0.05, 0.1) is 24.4 Å². The van der Waals surface area contributed by atoms with E-state index in [1.165, 1.54) is 11.1 Å². The van der Waals surface area contributed by atoms with Crippen LogP contribution in [0.1, 0.15) is 48.5 Å². The fraction of sp³-hybridized carbons (Fsp3) is 0.382. The van der Waals surface area contributed by atoms with Gasteiger partial charge in [0.25, 0.3) is 5.56 Å². The summed E-state index contributed by atoms with van der Waals surface area (Å²) in [6.07, 6.45) is 2.61. The number of aryl methyl sites for hydroxylation is 3. The number of hydrogen-bond donors (Lipinski definition) is 0. The van der Waals surface area contributed by atoms with Crippen LogP contribution in [-0.2, 0) is 13.0 Å². The third-order valence-corrected chi connectivity index (χ3v) is 8.44. The lowest BCUT2D eigenvalue weighted by Gasteiger charge is -2.40. The van der Waals surface area contributed by atoms with Crippen LogP contribution in [0.5, 0.6) is 5.88 Å². The number of imidazole rings is 1. The zero-order chi connectivity index (χ0) is 29.1. The molecule has 0 N–H and O–H groups in total. The van der Waals surface area contributed by atoms with Crippen molar-refractivity contribution in [3.63, 3.8) is 0 Å². The van der Waals surface area contributed by atoms with Crippen molar-refractivity contribution in [3.8, 4) is 5.88 Å². The van der Waals surface area contributed by atoms with Crippen LogP contribution in [0.25, 0.3) is 16.7 Å². The zero-order valence-corrected chi connectivity index (χ0v) is 24.9. The van der Waals surface area contributed by atoms with E-state index in [1.807, 2.05) is 28.0 Å². The number of methoxy groups -OCH3 is 1. The first kappa shape index (κ1) is 28.1. The molecule has 1 saturated heterocycles. The molecule has 0 spiro atoms. The number of nitrogens with zero attached hydrogens (tertiary/aromatic N) is 6. The van der Waals surface area contributed by atoms with Gasteiger partial charge in [0.2, 0.25) is 5.88 Å². The monoisotopic (exact) mass is 564 g/mol. The van der Waals surface area contributed by atoms with E-state index in [2.05, 4.69) is 77.4 Å². The fourth-order valence-electron chi connectivity index (χ4n) is 6.41. The van der Waals surface area contributed by atoms with E-state index in [4.69, 9.17) is 14.7 Å². The first-order valence-electron chi connectivity index (χ1n) is 15.1. The summed E-state index contributed by atoms with van der Waals surface area (Å²) in [5.74, 6) is 1.41. The van der Waals surface area contributed by atoms with Crippen LogP contribution in [0.4, 0.5) is 0 Å². The average Bonchev–Trinajstić information content (AvgIpc) is 3.36. The third kappa shape index (κ3) is 5.44. The van der Waals surface area contributed by atoms with Crippen molar-refractivity contribution in [1.29, 1.82) is 0 Å². The molecule has 4 heterocycles. The third-order valence-electron chi connectivity index (χ3n) is 8.44. The number of benzene rings is 2. The van der Waals surface area contributed by atoms with E-state index in [-0.39, 0.29) is 11.6 Å². The highest BCUT2D eigenvalue weighted by atomic mass is 16.5. The minimum atomic E-state index is 0.000188. The highest BCUT2D eigenvalue weighted by Crippen LogP contribution is 2.29. The maximum Gasteiger partial charge on any atom is 0.277 e. The second-order valence-electron chi connectivity index (χ2n) is 11.2. The molecule has 5 aromatic rings. The molecule has 42 heavy (non-hydrogen) atoms. The Kier molecular flexibility index (Phi) is 8.35. The summed E-state index contributed by atoms with van der Waals surface area (Å²) in [5, 5.41) is 0. The number of piperazine rings is 1. The topological polar surface area (TPSA) is 67.9 Å². The second kappa shape index (κ2) is 12.5. The zero-order valence-electron chi connectivity index (χ0n) is 24.9. The predicted molar refractivity (Wildman–Crippen MR) is 167 cm³/mol. The standard InChI is InChI=1S/C34H40N6O2/c1-4-12-29-35-25(2)31-34(41)39(28-17-18-30(42-3)36-33(28)40(29)31)20-11-19-37-21-23-38(24-22-37)32(26-13-7-5-8-14-26)27-15-9-6-10-16-27/h5-10,13-18,32H,4,11-12,19-24H2,1-3H3. The van der Waals surface area contributed by atoms with Crippen LogP contribution in [-0.4, -0.2) is 68.6 Å². The Labute approximate surface area is 247 Å². The van der Waals surface area contributed by atoms with E-state index in [9.17, 15) is 4.79 Å². The van der Waals surface area contributed by atoms with Gasteiger partial charge in [0.1, 0.15) is 11.3 Å². The molecule has 1 fully saturated rings. The molecule has 1 aliphatic rings. The highest BCUT2D eigenvalue weighted by Gasteiger charge is 2.26. The smallest absolute Gasteiger partial charge is 0.277 e. The van der Waals surface area contributed by atoms with Crippen LogP contribution >= 0.6 is 0 Å². The molecule has 0 aliphatic carbocycles. The van der Waals surface area contributed by atoms with Crippen molar-refractivity contribution in [1.82, 2.24) is 28.7 Å². The summed E-state index contributed by atoms with van der Waals surface area (Å²) in [6.45, 7) is 9.63. The molecule has 2 aromatic carbocycles. The number of pyridine rings is 1. The summed E-state index contributed by atoms with van der Waals surface area (Å²) in [5.41, 5.74) is 5.60. The normalized spacial score (nSPS) is 14.8. The van der Waals surface area contributed by atoms with Gasteiger partial charge in [-0.1, -0.05) is 67.6 Å². The Bertz CT molecular complexity index is 1670. The van der Waals surface area contributed by atoms with Gasteiger partial charge in [-0.05, 0) is 43.5 Å². The minimum absolute atomic E-state index is 0.000188. The maximum absolute atomic E-state index is 13.8. The van der Waals surface area contributed by atoms with Gasteiger partial charge < -0.3 is 14.2 Å². The van der Waals surface area contributed by atoms with Crippen LogP contribution in [0.3, 0.4) is 0 Å². The first-order valence-corrected chi connectivity index (χ1v) is 15.1. The summed E-state index contributed by atoms with van der Waals surface area (Å²) in [4.78, 5) is 28.5. The molecule has 8 nitrogen and oxygen atoms in total. The maximum atomic E-state index is 13.8. The molecular weight excluding hydrogens is 524 g/mol. The van der Waals surface area contributed by atoms with Gasteiger partial charge in [-0.25, -0.2) is 4.98 Å². The molecule has 8 heteroatoms. The lowest BCUT2D eigenvalue weighted by atomic mass is 9.96. The fourth-order valence-corrected chi connectivity index (χ4v) is 6.41. The van der Waals surface area contributed by atoms with Crippen molar-refractivity contribution in [2.45, 2.75) is 45.7 Å². The summed E-state index contributed by atoms with van der Waals surface area (Å²) >= 11 is 0. The number of ether oxygens (including phenoxy) is 1. The van der Waals surface area contributed by atoms with Crippen molar-refractivity contribution in [2.24, 2.45) is 0 Å². The van der Waals surface area contributed by atoms with E-state index in [1.54, 1.807) is 7.11 Å². The Balaban J connectivity index is 1.18. The van der Waals surface area contributed by atoms with Gasteiger partial charge in [0.15, 0.2) is 5.65 Å². The molecule has 3 aromatic heterocycles. The summed E-state index contributed by atoms with van der Waals surface area (Å²) in [6, 6.07) is 25.7. The Morgan fingerprint density at radius 1 is 0.857 bits per heavy atom. The number of fused-ring (bicyclic) bond motifs is 3. The molecule has 1 aliphatic heterocycles. The number of rotatable bonds is 10. The molecule has 0 saturated carbocycles. The van der Waals surface area contributed by atoms with E-state index in [0.29, 0.717) is 17.9 Å². The van der Waals surface area contributed by atoms with Crippen LogP contribution < -0.4 is 10.3 Å². The van der Waals surface area contributed by atoms with Gasteiger partial charge >= 0.3 is 0 Å². The largest absolute Gasteiger partial charge is 0.481 e. The molecular formula is C34H40N6O2. The Hall–Kier alpha value is -4.01. The highest BCUT2D eigenvalue weighted by molar-refractivity contribution is 5.77. The van der Waals surface area contributed by atoms with Crippen molar-refractivity contribution in [2.75, 3.05) is 39.8 Å². The Morgan fingerprint density at radius 3 is 2.14 bits per heavy atom. The average molecular weight is 565 g/mol. The quantitative estimate of drug-likeness (QED) is 0.235. The van der Waals surface area contributed by atoms with Crippen molar-refractivity contribution < 1.29 is 4.74 Å². The van der Waals surface area contributed by atoms with Gasteiger partial charge in [0, 0.05) is 45.2 Å². The molecule has 0 unspecified atom stereocenters. The van der Waals surface area contributed by atoms with E-state index in [0.717, 1.165) is 74.7 Å². The van der Waals surface area contributed by atoms with Crippen LogP contribution in [0.2, 0.25) is 0 Å². The lowest BCUT2D eigenvalue weighted by molar-refractivity contribution is 0.108. The molecule has 6 rings (SSSR count). The number of hydrogen-bond acceptors (Lipinski definition) is 6. The van der Waals surface area contributed by atoms with Crippen molar-refractivity contribution >= 4 is 16.7 Å². The number of aromatic nitrogens is 4. The molecule has 0 amide bonds. The Morgan fingerprint density at radius 2 is 1.52 bits per heavy atom. The molecule has 0 atom stereocenters. The first-order chi connectivity index (χ1) is 20.6. The van der Waals surface area contributed by atoms with E-state index < -0.39 is 0 Å². The van der Waals surface area contributed by atoms with Gasteiger partial charge in [-0.2, -0.15) is 4.98 Å². The summed E-state index contributed by atoms with van der Waals surface area (Å²) < 4.78 is 9.28. The van der Waals surface area contributed by atoms with Crippen LogP contribution in [0.15, 0.2) is 77.6 Å². The lowest BCUT2D eigenvalue weighted by Crippen LogP contribution is -2.48. The molecule has 218 valence electrons. The van der Waals surface area contributed by atoms with Crippen LogP contribution in [0, 0.1) is 6.92 Å². The molecule has 0 radical (unpaired) electrons. The SMILES string of the molecule is CCCc1nc(C)c2c(=O)n(CCCN3CCN(C(c4ccccc4)c4ccccc4)CC3)c3ccc(OC)nc3n12. The summed E-state index contributed by atoms with van der Waals surface area (Å²) in [7, 11) is 1.62. The van der Waals surface area contributed by atoms with Crippen molar-refractivity contribution in [3.05, 3.63) is 106 Å². The van der Waals surface area contributed by atoms with Gasteiger partial charge in [-0.3, -0.25) is 14.1 Å². The second-order valence-corrected chi connectivity index (χ2v) is 11.2.